The molecule has 2 aliphatic rings. The van der Waals surface area contributed by atoms with Crippen molar-refractivity contribution in [2.45, 2.75) is 38.8 Å². The van der Waals surface area contributed by atoms with Crippen LogP contribution in [0.3, 0.4) is 0 Å². The van der Waals surface area contributed by atoms with E-state index in [4.69, 9.17) is 10.3 Å². The molecule has 0 aliphatic heterocycles. The molecule has 2 saturated carbocycles. The molecule has 6 nitrogen and oxygen atoms in total. The number of aromatic nitrogens is 2. The second-order valence-corrected chi connectivity index (χ2v) is 5.86. The molecule has 1 aromatic heterocycles. The molecule has 1 aromatic rings. The number of carbonyl (C=O) groups excluding carboxylic acids is 1. The van der Waals surface area contributed by atoms with E-state index in [1.54, 1.807) is 18.9 Å². The minimum absolute atomic E-state index is 0. The molecular weight excluding hydrogens is 280 g/mol. The highest BCUT2D eigenvalue weighted by Gasteiger charge is 2.49. The van der Waals surface area contributed by atoms with E-state index < -0.39 is 0 Å². The van der Waals surface area contributed by atoms with Crippen molar-refractivity contribution in [3.05, 3.63) is 11.7 Å². The third-order valence-electron chi connectivity index (χ3n) is 4.59. The van der Waals surface area contributed by atoms with Gasteiger partial charge in [-0.15, -0.1) is 12.4 Å². The number of carbonyl (C=O) groups is 1. The van der Waals surface area contributed by atoms with E-state index in [2.05, 4.69) is 10.1 Å². The topological polar surface area (TPSA) is 85.2 Å². The predicted octanol–water partition coefficient (Wildman–Crippen LogP) is 1.13. The number of hydrogen-bond donors (Lipinski definition) is 1. The van der Waals surface area contributed by atoms with Gasteiger partial charge in [0.1, 0.15) is 0 Å². The number of nitrogens with zero attached hydrogens (tertiary/aromatic N) is 3. The molecule has 0 spiro atoms. The van der Waals surface area contributed by atoms with E-state index in [-0.39, 0.29) is 30.3 Å². The zero-order valence-corrected chi connectivity index (χ0v) is 12.6. The molecule has 3 rings (SSSR count). The SMILES string of the molecule is Cc1nc(CN(C)C(=O)C2C3CCC(C3)C2N)no1.Cl. The van der Waals surface area contributed by atoms with Crippen molar-refractivity contribution in [1.82, 2.24) is 15.0 Å². The van der Waals surface area contributed by atoms with Crippen LogP contribution in [0.4, 0.5) is 0 Å². The largest absolute Gasteiger partial charge is 0.340 e. The Morgan fingerprint density at radius 3 is 2.70 bits per heavy atom. The van der Waals surface area contributed by atoms with Gasteiger partial charge < -0.3 is 15.2 Å². The van der Waals surface area contributed by atoms with Crippen LogP contribution < -0.4 is 5.73 Å². The Kier molecular flexibility index (Phi) is 4.34. The molecule has 0 radical (unpaired) electrons. The van der Waals surface area contributed by atoms with Gasteiger partial charge in [-0.05, 0) is 31.1 Å². The van der Waals surface area contributed by atoms with Gasteiger partial charge in [-0.25, -0.2) is 0 Å². The number of rotatable bonds is 3. The fraction of sp³-hybridized carbons (Fsp3) is 0.769. The highest BCUT2D eigenvalue weighted by Crippen LogP contribution is 2.48. The van der Waals surface area contributed by atoms with Crippen LogP contribution in [-0.2, 0) is 11.3 Å². The van der Waals surface area contributed by atoms with E-state index in [9.17, 15) is 4.79 Å². The predicted molar refractivity (Wildman–Crippen MR) is 75.1 cm³/mol. The number of nitrogens with two attached hydrogens (primary N) is 1. The number of hydrogen-bond acceptors (Lipinski definition) is 5. The van der Waals surface area contributed by atoms with Crippen LogP contribution in [-0.4, -0.2) is 34.0 Å². The summed E-state index contributed by atoms with van der Waals surface area (Å²) >= 11 is 0. The van der Waals surface area contributed by atoms with Gasteiger partial charge in [0.25, 0.3) is 0 Å². The fourth-order valence-electron chi connectivity index (χ4n) is 3.65. The quantitative estimate of drug-likeness (QED) is 0.904. The van der Waals surface area contributed by atoms with Crippen molar-refractivity contribution >= 4 is 18.3 Å². The first-order valence-corrected chi connectivity index (χ1v) is 6.86. The summed E-state index contributed by atoms with van der Waals surface area (Å²) in [6.45, 7) is 2.13. The van der Waals surface area contributed by atoms with Crippen molar-refractivity contribution < 1.29 is 9.32 Å². The number of amides is 1. The summed E-state index contributed by atoms with van der Waals surface area (Å²) in [7, 11) is 1.78. The van der Waals surface area contributed by atoms with Crippen molar-refractivity contribution in [3.8, 4) is 0 Å². The molecule has 0 aromatic carbocycles. The highest BCUT2D eigenvalue weighted by atomic mass is 35.5. The number of halogens is 1. The molecule has 0 saturated heterocycles. The summed E-state index contributed by atoms with van der Waals surface area (Å²) in [6, 6.07) is 0.0284. The van der Waals surface area contributed by atoms with Gasteiger partial charge in [0.05, 0.1) is 12.5 Å². The van der Waals surface area contributed by atoms with Crippen molar-refractivity contribution in [3.63, 3.8) is 0 Å². The minimum Gasteiger partial charge on any atom is -0.340 e. The number of fused-ring (bicyclic) bond motifs is 2. The lowest BCUT2D eigenvalue weighted by Crippen LogP contribution is -2.45. The van der Waals surface area contributed by atoms with Crippen LogP contribution in [0.2, 0.25) is 0 Å². The molecule has 112 valence electrons. The van der Waals surface area contributed by atoms with Crippen LogP contribution in [0.15, 0.2) is 4.52 Å². The lowest BCUT2D eigenvalue weighted by Gasteiger charge is -2.30. The molecule has 1 amide bonds. The molecule has 20 heavy (non-hydrogen) atoms. The lowest BCUT2D eigenvalue weighted by atomic mass is 9.84. The molecule has 2 N–H and O–H groups in total. The van der Waals surface area contributed by atoms with Crippen LogP contribution in [0.25, 0.3) is 0 Å². The standard InChI is InChI=1S/C13H20N4O2.ClH/c1-7-15-10(16-19-7)6-17(2)13(18)11-8-3-4-9(5-8)12(11)14;/h8-9,11-12H,3-6,14H2,1-2H3;1H. The Hall–Kier alpha value is -1.14. The van der Waals surface area contributed by atoms with Gasteiger partial charge in [0.2, 0.25) is 11.8 Å². The van der Waals surface area contributed by atoms with E-state index in [1.165, 1.54) is 6.42 Å². The first-order chi connectivity index (χ1) is 9.06. The van der Waals surface area contributed by atoms with Gasteiger partial charge in [0, 0.05) is 20.0 Å². The number of aryl methyl sites for hydroxylation is 1. The Bertz CT molecular complexity index is 490. The van der Waals surface area contributed by atoms with E-state index in [0.717, 1.165) is 12.8 Å². The van der Waals surface area contributed by atoms with Crippen molar-refractivity contribution in [1.29, 1.82) is 0 Å². The molecule has 7 heteroatoms. The molecular formula is C13H21ClN4O2. The van der Waals surface area contributed by atoms with Gasteiger partial charge in [-0.3, -0.25) is 4.79 Å². The fourth-order valence-corrected chi connectivity index (χ4v) is 3.65. The average Bonchev–Trinajstić information content (AvgIpc) is 3.05. The summed E-state index contributed by atoms with van der Waals surface area (Å²) in [5.41, 5.74) is 6.20. The van der Waals surface area contributed by atoms with Crippen LogP contribution >= 0.6 is 12.4 Å². The zero-order valence-electron chi connectivity index (χ0n) is 11.8. The van der Waals surface area contributed by atoms with Gasteiger partial charge in [0.15, 0.2) is 5.82 Å². The summed E-state index contributed by atoms with van der Waals surface area (Å²) in [6.07, 6.45) is 3.44. The molecule has 1 heterocycles. The monoisotopic (exact) mass is 300 g/mol. The normalized spacial score (nSPS) is 31.1. The maximum Gasteiger partial charge on any atom is 0.227 e. The Balaban J connectivity index is 0.00000147. The first kappa shape index (κ1) is 15.3. The van der Waals surface area contributed by atoms with Gasteiger partial charge >= 0.3 is 0 Å². The van der Waals surface area contributed by atoms with Crippen LogP contribution in [0.1, 0.15) is 31.0 Å². The molecule has 4 atom stereocenters. The lowest BCUT2D eigenvalue weighted by molar-refractivity contribution is -0.137. The second kappa shape index (κ2) is 5.69. The second-order valence-electron chi connectivity index (χ2n) is 5.86. The minimum atomic E-state index is -0.0169. The molecule has 2 aliphatic carbocycles. The first-order valence-electron chi connectivity index (χ1n) is 6.86. The smallest absolute Gasteiger partial charge is 0.227 e. The van der Waals surface area contributed by atoms with Crippen molar-refractivity contribution in [2.24, 2.45) is 23.5 Å². The Morgan fingerprint density at radius 2 is 2.15 bits per heavy atom. The summed E-state index contributed by atoms with van der Waals surface area (Å²) in [5, 5.41) is 3.82. The molecule has 2 fully saturated rings. The van der Waals surface area contributed by atoms with E-state index in [1.807, 2.05) is 0 Å². The van der Waals surface area contributed by atoms with Gasteiger partial charge in [-0.2, -0.15) is 4.98 Å². The summed E-state index contributed by atoms with van der Waals surface area (Å²) in [5.74, 6) is 2.19. The third-order valence-corrected chi connectivity index (χ3v) is 4.59. The summed E-state index contributed by atoms with van der Waals surface area (Å²) < 4.78 is 4.92. The van der Waals surface area contributed by atoms with E-state index >= 15 is 0 Å². The van der Waals surface area contributed by atoms with Gasteiger partial charge in [-0.1, -0.05) is 5.16 Å². The zero-order chi connectivity index (χ0) is 13.6. The highest BCUT2D eigenvalue weighted by molar-refractivity contribution is 5.85. The van der Waals surface area contributed by atoms with Crippen LogP contribution in [0.5, 0.6) is 0 Å². The summed E-state index contributed by atoms with van der Waals surface area (Å²) in [4.78, 5) is 18.3. The Morgan fingerprint density at radius 1 is 1.45 bits per heavy atom. The maximum atomic E-state index is 12.5. The molecule has 4 unspecified atom stereocenters. The maximum absolute atomic E-state index is 12.5. The molecule has 2 bridgehead atoms. The average molecular weight is 301 g/mol. The van der Waals surface area contributed by atoms with E-state index in [0.29, 0.717) is 30.1 Å². The van der Waals surface area contributed by atoms with Crippen LogP contribution in [0, 0.1) is 24.7 Å². The van der Waals surface area contributed by atoms with Crippen molar-refractivity contribution in [2.75, 3.05) is 7.05 Å². The Labute approximate surface area is 124 Å². The third kappa shape index (κ3) is 2.54.